The summed E-state index contributed by atoms with van der Waals surface area (Å²) in [6.07, 6.45) is 4.69. The van der Waals surface area contributed by atoms with Gasteiger partial charge in [0, 0.05) is 31.8 Å². The van der Waals surface area contributed by atoms with E-state index >= 15 is 0 Å². The van der Waals surface area contributed by atoms with Crippen LogP contribution in [0.2, 0.25) is 0 Å². The van der Waals surface area contributed by atoms with E-state index in [0.717, 1.165) is 24.3 Å². The standard InChI is InChI=1S/C16H22N2O3S/c1-22(20,21)11-9-16(19)18-12-13-6-4-5-10-17(13)14-7-2-3-8-15(14)18/h2-3,7-8,13H,4-6,9-12H2,1H3. The second-order valence-corrected chi connectivity index (χ2v) is 8.48. The molecule has 0 aromatic heterocycles. The molecule has 2 heterocycles. The number of anilines is 2. The summed E-state index contributed by atoms with van der Waals surface area (Å²) >= 11 is 0. The van der Waals surface area contributed by atoms with Crippen molar-refractivity contribution >= 4 is 27.1 Å². The highest BCUT2D eigenvalue weighted by molar-refractivity contribution is 7.90. The molecular formula is C16H22N2O3S. The number of piperidine rings is 1. The van der Waals surface area contributed by atoms with Gasteiger partial charge in [0.05, 0.1) is 17.1 Å². The van der Waals surface area contributed by atoms with Crippen molar-refractivity contribution in [2.75, 3.05) is 34.9 Å². The Balaban J connectivity index is 1.86. The Morgan fingerprint density at radius 3 is 2.68 bits per heavy atom. The monoisotopic (exact) mass is 322 g/mol. The van der Waals surface area contributed by atoms with Crippen LogP contribution in [-0.4, -0.2) is 45.5 Å². The molecule has 120 valence electrons. The predicted octanol–water partition coefficient (Wildman–Crippen LogP) is 1.83. The minimum Gasteiger partial charge on any atom is -0.365 e. The van der Waals surface area contributed by atoms with Crippen LogP contribution < -0.4 is 9.80 Å². The van der Waals surface area contributed by atoms with E-state index < -0.39 is 9.84 Å². The van der Waals surface area contributed by atoms with Crippen molar-refractivity contribution in [3.05, 3.63) is 24.3 Å². The van der Waals surface area contributed by atoms with Crippen LogP contribution in [0.1, 0.15) is 25.7 Å². The summed E-state index contributed by atoms with van der Waals surface area (Å²) in [5.41, 5.74) is 2.02. The Kier molecular flexibility index (Phi) is 4.12. The van der Waals surface area contributed by atoms with Gasteiger partial charge < -0.3 is 9.80 Å². The lowest BCUT2D eigenvalue weighted by molar-refractivity contribution is -0.118. The molecule has 0 saturated carbocycles. The van der Waals surface area contributed by atoms with Crippen LogP contribution in [0.25, 0.3) is 0 Å². The quantitative estimate of drug-likeness (QED) is 0.852. The Hall–Kier alpha value is -1.56. The molecule has 0 bridgehead atoms. The molecule has 22 heavy (non-hydrogen) atoms. The van der Waals surface area contributed by atoms with Crippen LogP contribution in [0.3, 0.4) is 0 Å². The van der Waals surface area contributed by atoms with Crippen LogP contribution in [0.5, 0.6) is 0 Å². The third kappa shape index (κ3) is 3.11. The molecule has 0 N–H and O–H groups in total. The summed E-state index contributed by atoms with van der Waals surface area (Å²) < 4.78 is 22.6. The molecule has 0 spiro atoms. The Morgan fingerprint density at radius 2 is 1.95 bits per heavy atom. The normalized spacial score (nSPS) is 21.2. The molecule has 1 amide bonds. The zero-order chi connectivity index (χ0) is 15.7. The van der Waals surface area contributed by atoms with Gasteiger partial charge in [-0.3, -0.25) is 4.79 Å². The number of benzene rings is 1. The topological polar surface area (TPSA) is 57.7 Å². The van der Waals surface area contributed by atoms with Crippen molar-refractivity contribution in [1.82, 2.24) is 0 Å². The number of hydrogen-bond acceptors (Lipinski definition) is 4. The van der Waals surface area contributed by atoms with Gasteiger partial charge >= 0.3 is 0 Å². The average Bonchev–Trinajstić information content (AvgIpc) is 2.51. The van der Waals surface area contributed by atoms with E-state index in [0.29, 0.717) is 12.6 Å². The van der Waals surface area contributed by atoms with E-state index in [4.69, 9.17) is 0 Å². The van der Waals surface area contributed by atoms with E-state index in [1.165, 1.54) is 19.1 Å². The molecule has 5 nitrogen and oxygen atoms in total. The SMILES string of the molecule is CS(=O)(=O)CCC(=O)N1CC2CCCCN2c2ccccc21. The Bertz CT molecular complexity index is 672. The summed E-state index contributed by atoms with van der Waals surface area (Å²) in [7, 11) is -3.12. The van der Waals surface area contributed by atoms with Crippen molar-refractivity contribution in [1.29, 1.82) is 0 Å². The van der Waals surface area contributed by atoms with Crippen LogP contribution in [0.4, 0.5) is 11.4 Å². The van der Waals surface area contributed by atoms with Gasteiger partial charge in [-0.1, -0.05) is 12.1 Å². The summed E-state index contributed by atoms with van der Waals surface area (Å²) in [6.45, 7) is 1.70. The number of fused-ring (bicyclic) bond motifs is 3. The van der Waals surface area contributed by atoms with Crippen LogP contribution in [0.15, 0.2) is 24.3 Å². The third-order valence-electron chi connectivity index (χ3n) is 4.49. The minimum atomic E-state index is -3.12. The van der Waals surface area contributed by atoms with Gasteiger partial charge in [-0.2, -0.15) is 0 Å². The number of para-hydroxylation sites is 2. The van der Waals surface area contributed by atoms with Crippen molar-refractivity contribution in [3.8, 4) is 0 Å². The highest BCUT2D eigenvalue weighted by Crippen LogP contribution is 2.38. The van der Waals surface area contributed by atoms with Crippen LogP contribution >= 0.6 is 0 Å². The first-order valence-corrected chi connectivity index (χ1v) is 9.85. The molecule has 1 atom stereocenters. The number of hydrogen-bond donors (Lipinski definition) is 0. The van der Waals surface area contributed by atoms with E-state index in [1.54, 1.807) is 4.90 Å². The van der Waals surface area contributed by atoms with Crippen molar-refractivity contribution in [3.63, 3.8) is 0 Å². The lowest BCUT2D eigenvalue weighted by Gasteiger charge is -2.46. The maximum absolute atomic E-state index is 12.5. The molecule has 2 aliphatic rings. The Labute approximate surface area is 131 Å². The molecule has 1 aromatic rings. The van der Waals surface area contributed by atoms with E-state index in [1.807, 2.05) is 18.2 Å². The van der Waals surface area contributed by atoms with Gasteiger partial charge in [0.25, 0.3) is 0 Å². The molecule has 3 rings (SSSR count). The zero-order valence-corrected chi connectivity index (χ0v) is 13.7. The fourth-order valence-corrected chi connectivity index (χ4v) is 3.94. The summed E-state index contributed by atoms with van der Waals surface area (Å²) in [5, 5.41) is 0. The lowest BCUT2D eigenvalue weighted by Crippen LogP contribution is -2.53. The number of carbonyl (C=O) groups excluding carboxylic acids is 1. The molecule has 1 unspecified atom stereocenters. The second kappa shape index (κ2) is 5.91. The van der Waals surface area contributed by atoms with Crippen molar-refractivity contribution in [2.45, 2.75) is 31.7 Å². The van der Waals surface area contributed by atoms with Crippen LogP contribution in [-0.2, 0) is 14.6 Å². The van der Waals surface area contributed by atoms with Gasteiger partial charge in [0.2, 0.25) is 5.91 Å². The summed E-state index contributed by atoms with van der Waals surface area (Å²) in [6, 6.07) is 8.29. The lowest BCUT2D eigenvalue weighted by atomic mass is 9.97. The fourth-order valence-electron chi connectivity index (χ4n) is 3.40. The predicted molar refractivity (Wildman–Crippen MR) is 88.1 cm³/mol. The highest BCUT2D eigenvalue weighted by atomic mass is 32.2. The first kappa shape index (κ1) is 15.3. The molecule has 2 aliphatic heterocycles. The highest BCUT2D eigenvalue weighted by Gasteiger charge is 2.34. The molecule has 0 aliphatic carbocycles. The van der Waals surface area contributed by atoms with Crippen molar-refractivity contribution < 1.29 is 13.2 Å². The molecule has 1 fully saturated rings. The Morgan fingerprint density at radius 1 is 1.23 bits per heavy atom. The van der Waals surface area contributed by atoms with Gasteiger partial charge in [0.15, 0.2) is 0 Å². The number of nitrogens with zero attached hydrogens (tertiary/aromatic N) is 2. The smallest absolute Gasteiger partial charge is 0.228 e. The first-order valence-electron chi connectivity index (χ1n) is 7.79. The number of rotatable bonds is 3. The summed E-state index contributed by atoms with van der Waals surface area (Å²) in [5.74, 6) is -0.179. The maximum atomic E-state index is 12.5. The van der Waals surface area contributed by atoms with Crippen molar-refractivity contribution in [2.24, 2.45) is 0 Å². The molecular weight excluding hydrogens is 300 g/mol. The van der Waals surface area contributed by atoms with Gasteiger partial charge in [-0.25, -0.2) is 8.42 Å². The van der Waals surface area contributed by atoms with Crippen LogP contribution in [0, 0.1) is 0 Å². The van der Waals surface area contributed by atoms with Gasteiger partial charge in [-0.15, -0.1) is 0 Å². The van der Waals surface area contributed by atoms with E-state index in [-0.39, 0.29) is 18.1 Å². The van der Waals surface area contributed by atoms with Gasteiger partial charge in [-0.05, 0) is 31.4 Å². The number of carbonyl (C=O) groups is 1. The third-order valence-corrected chi connectivity index (χ3v) is 5.44. The second-order valence-electron chi connectivity index (χ2n) is 6.22. The molecule has 6 heteroatoms. The molecule has 1 saturated heterocycles. The first-order chi connectivity index (χ1) is 10.5. The zero-order valence-electron chi connectivity index (χ0n) is 12.9. The van der Waals surface area contributed by atoms with E-state index in [2.05, 4.69) is 11.0 Å². The number of sulfone groups is 1. The van der Waals surface area contributed by atoms with E-state index in [9.17, 15) is 13.2 Å². The number of amides is 1. The maximum Gasteiger partial charge on any atom is 0.228 e. The average molecular weight is 322 g/mol. The molecule has 0 radical (unpaired) electrons. The largest absolute Gasteiger partial charge is 0.365 e. The summed E-state index contributed by atoms with van der Waals surface area (Å²) in [4.78, 5) is 16.7. The fraction of sp³-hybridized carbons (Fsp3) is 0.562. The minimum absolute atomic E-state index is 0.0554. The molecule has 1 aromatic carbocycles. The van der Waals surface area contributed by atoms with Gasteiger partial charge in [0.1, 0.15) is 9.84 Å².